The normalized spacial score (nSPS) is 12.4. The molecule has 1 amide bonds. The minimum atomic E-state index is -4.51. The Bertz CT molecular complexity index is 1190. The highest BCUT2D eigenvalue weighted by Crippen LogP contribution is 2.36. The largest absolute Gasteiger partial charge is 0.494 e. The van der Waals surface area contributed by atoms with E-state index in [0.717, 1.165) is 17.2 Å². The maximum absolute atomic E-state index is 13.4. The van der Waals surface area contributed by atoms with E-state index in [2.05, 4.69) is 24.0 Å². The second-order valence-corrected chi connectivity index (χ2v) is 10.0. The lowest BCUT2D eigenvalue weighted by atomic mass is 10.00. The summed E-state index contributed by atoms with van der Waals surface area (Å²) in [6, 6.07) is 21.5. The average Bonchev–Trinajstić information content (AvgIpc) is 2.87. The Hall–Kier alpha value is -3.03. The van der Waals surface area contributed by atoms with Crippen molar-refractivity contribution in [3.05, 3.63) is 100 Å². The minimum absolute atomic E-state index is 0.0126. The molecule has 0 heterocycles. The summed E-state index contributed by atoms with van der Waals surface area (Å²) in [5, 5.41) is -0.252. The van der Waals surface area contributed by atoms with Crippen molar-refractivity contribution in [1.82, 2.24) is 9.80 Å². The van der Waals surface area contributed by atoms with Gasteiger partial charge in [-0.05, 0) is 47.2 Å². The second-order valence-electron chi connectivity index (χ2n) is 9.64. The lowest BCUT2D eigenvalue weighted by Gasteiger charge is -2.27. The topological polar surface area (TPSA) is 32.8 Å². The van der Waals surface area contributed by atoms with E-state index in [-0.39, 0.29) is 16.8 Å². The molecule has 0 N–H and O–H groups in total. The first-order valence-corrected chi connectivity index (χ1v) is 13.0. The molecule has 38 heavy (non-hydrogen) atoms. The van der Waals surface area contributed by atoms with Crippen LogP contribution < -0.4 is 4.74 Å². The van der Waals surface area contributed by atoms with Gasteiger partial charge in [0.05, 0.1) is 23.6 Å². The number of hydrogen-bond acceptors (Lipinski definition) is 3. The highest BCUT2D eigenvalue weighted by atomic mass is 35.5. The summed E-state index contributed by atoms with van der Waals surface area (Å²) in [6.07, 6.45) is -3.54. The Labute approximate surface area is 228 Å². The third-order valence-electron chi connectivity index (χ3n) is 6.32. The maximum Gasteiger partial charge on any atom is 0.417 e. The van der Waals surface area contributed by atoms with E-state index >= 15 is 0 Å². The molecule has 0 saturated heterocycles. The van der Waals surface area contributed by atoms with Gasteiger partial charge in [0, 0.05) is 33.7 Å². The van der Waals surface area contributed by atoms with Crippen LogP contribution in [0, 0.1) is 0 Å². The van der Waals surface area contributed by atoms with Crippen LogP contribution in [-0.4, -0.2) is 49.5 Å². The van der Waals surface area contributed by atoms with Gasteiger partial charge in [-0.3, -0.25) is 9.69 Å². The monoisotopic (exact) mass is 546 g/mol. The summed E-state index contributed by atoms with van der Waals surface area (Å²) < 4.78 is 46.2. The molecule has 0 aliphatic carbocycles. The molecule has 3 aromatic carbocycles. The molecule has 1 unspecified atom stereocenters. The summed E-state index contributed by atoms with van der Waals surface area (Å²) in [4.78, 5) is 15.7. The lowest BCUT2D eigenvalue weighted by Crippen LogP contribution is -2.30. The molecule has 0 aliphatic heterocycles. The first kappa shape index (κ1) is 29.5. The smallest absolute Gasteiger partial charge is 0.417 e. The fraction of sp³-hybridized carbons (Fsp3) is 0.367. The molecule has 4 nitrogen and oxygen atoms in total. The summed E-state index contributed by atoms with van der Waals surface area (Å²) in [5.41, 5.74) is 1.66. The maximum atomic E-state index is 13.4. The number of alkyl halides is 3. The van der Waals surface area contributed by atoms with Gasteiger partial charge < -0.3 is 9.64 Å². The number of ether oxygens (including phenoxy) is 1. The number of likely N-dealkylation sites (N-methyl/N-ethyl adjacent to an activating group) is 1. The third-order valence-corrected chi connectivity index (χ3v) is 6.77. The molecule has 1 atom stereocenters. The fourth-order valence-electron chi connectivity index (χ4n) is 4.23. The van der Waals surface area contributed by atoms with Gasteiger partial charge >= 0.3 is 6.18 Å². The SMILES string of the molecule is CC(CN(CCCOc1cccc(CC(=O)N(C)C)c1)Cc1cccc(C(F)(F)F)c1Cl)c1ccccc1. The highest BCUT2D eigenvalue weighted by Gasteiger charge is 2.34. The van der Waals surface area contributed by atoms with Crippen molar-refractivity contribution < 1.29 is 22.7 Å². The van der Waals surface area contributed by atoms with E-state index in [9.17, 15) is 18.0 Å². The number of rotatable bonds is 12. The van der Waals surface area contributed by atoms with Crippen molar-refractivity contribution in [2.24, 2.45) is 0 Å². The second kappa shape index (κ2) is 13.7. The van der Waals surface area contributed by atoms with Gasteiger partial charge in [-0.15, -0.1) is 0 Å². The zero-order chi connectivity index (χ0) is 27.7. The van der Waals surface area contributed by atoms with Gasteiger partial charge in [-0.25, -0.2) is 0 Å². The third kappa shape index (κ3) is 8.77. The van der Waals surface area contributed by atoms with Crippen molar-refractivity contribution in [2.45, 2.75) is 38.4 Å². The van der Waals surface area contributed by atoms with Crippen molar-refractivity contribution in [3.63, 3.8) is 0 Å². The first-order valence-electron chi connectivity index (χ1n) is 12.6. The summed E-state index contributed by atoms with van der Waals surface area (Å²) >= 11 is 6.20. The minimum Gasteiger partial charge on any atom is -0.494 e. The van der Waals surface area contributed by atoms with Crippen molar-refractivity contribution >= 4 is 17.5 Å². The standard InChI is InChI=1S/C30H34ClF3N2O2/c1-22(24-11-5-4-6-12-24)20-36(21-25-13-8-15-27(29(25)31)30(32,33)34)16-9-17-38-26-14-7-10-23(18-26)19-28(37)35(2)3/h4-8,10-15,18,22H,9,16-17,19-21H2,1-3H3. The molecule has 0 bridgehead atoms. The van der Waals surface area contributed by atoms with Crippen molar-refractivity contribution in [2.75, 3.05) is 33.8 Å². The van der Waals surface area contributed by atoms with Gasteiger partial charge in [-0.2, -0.15) is 13.2 Å². The van der Waals surface area contributed by atoms with Gasteiger partial charge in [0.2, 0.25) is 5.91 Å². The summed E-state index contributed by atoms with van der Waals surface area (Å²) in [6.45, 7) is 4.09. The van der Waals surface area contributed by atoms with E-state index in [0.29, 0.717) is 50.4 Å². The van der Waals surface area contributed by atoms with E-state index < -0.39 is 11.7 Å². The number of nitrogens with zero attached hydrogens (tertiary/aromatic N) is 2. The van der Waals surface area contributed by atoms with Gasteiger partial charge in [0.1, 0.15) is 5.75 Å². The molecular weight excluding hydrogens is 513 g/mol. The van der Waals surface area contributed by atoms with Gasteiger partial charge in [0.25, 0.3) is 0 Å². The van der Waals surface area contributed by atoms with E-state index in [4.69, 9.17) is 16.3 Å². The van der Waals surface area contributed by atoms with Crippen LogP contribution in [0.1, 0.15) is 41.5 Å². The number of hydrogen-bond donors (Lipinski definition) is 0. The van der Waals surface area contributed by atoms with Crippen molar-refractivity contribution in [1.29, 1.82) is 0 Å². The Morgan fingerprint density at radius 1 is 1.00 bits per heavy atom. The van der Waals surface area contributed by atoms with E-state index in [1.54, 1.807) is 25.1 Å². The molecule has 0 saturated carbocycles. The van der Waals surface area contributed by atoms with Crippen molar-refractivity contribution in [3.8, 4) is 5.75 Å². The Balaban J connectivity index is 1.66. The molecule has 8 heteroatoms. The van der Waals surface area contributed by atoms with E-state index in [1.165, 1.54) is 6.07 Å². The number of benzene rings is 3. The highest BCUT2D eigenvalue weighted by molar-refractivity contribution is 6.32. The van der Waals surface area contributed by atoms with Crippen LogP contribution in [0.5, 0.6) is 5.75 Å². The molecule has 3 aromatic rings. The Morgan fingerprint density at radius 3 is 2.39 bits per heavy atom. The number of carbonyl (C=O) groups excluding carboxylic acids is 1. The van der Waals surface area contributed by atoms with E-state index in [1.807, 2.05) is 42.5 Å². The molecule has 0 aliphatic rings. The number of amides is 1. The zero-order valence-corrected chi connectivity index (χ0v) is 22.7. The quantitative estimate of drug-likeness (QED) is 0.228. The van der Waals surface area contributed by atoms with Crippen LogP contribution in [0.2, 0.25) is 5.02 Å². The Kier molecular flexibility index (Phi) is 10.6. The Morgan fingerprint density at radius 2 is 1.71 bits per heavy atom. The lowest BCUT2D eigenvalue weighted by molar-refractivity contribution is -0.137. The molecule has 0 radical (unpaired) electrons. The molecule has 0 spiro atoms. The average molecular weight is 547 g/mol. The van der Waals surface area contributed by atoms with Gasteiger partial charge in [0.15, 0.2) is 0 Å². The van der Waals surface area contributed by atoms with Crippen LogP contribution in [0.25, 0.3) is 0 Å². The van der Waals surface area contributed by atoms with Gasteiger partial charge in [-0.1, -0.05) is 73.1 Å². The van der Waals surface area contributed by atoms with Crippen LogP contribution >= 0.6 is 11.6 Å². The number of carbonyl (C=O) groups is 1. The first-order chi connectivity index (χ1) is 18.0. The van der Waals surface area contributed by atoms with Crippen LogP contribution in [0.4, 0.5) is 13.2 Å². The van der Waals surface area contributed by atoms with Crippen LogP contribution in [0.3, 0.4) is 0 Å². The summed E-state index contributed by atoms with van der Waals surface area (Å²) in [5.74, 6) is 0.866. The van der Waals surface area contributed by atoms with Crippen LogP contribution in [-0.2, 0) is 23.9 Å². The number of halogens is 4. The fourth-order valence-corrected chi connectivity index (χ4v) is 4.52. The zero-order valence-electron chi connectivity index (χ0n) is 22.0. The molecular formula is C30H34ClF3N2O2. The predicted molar refractivity (Wildman–Crippen MR) is 146 cm³/mol. The summed E-state index contributed by atoms with van der Waals surface area (Å²) in [7, 11) is 3.44. The molecule has 204 valence electrons. The van der Waals surface area contributed by atoms with Crippen LogP contribution in [0.15, 0.2) is 72.8 Å². The predicted octanol–water partition coefficient (Wildman–Crippen LogP) is 7.06. The molecule has 3 rings (SSSR count). The molecule has 0 aromatic heterocycles. The molecule has 0 fully saturated rings.